The van der Waals surface area contributed by atoms with Crippen LogP contribution in [-0.4, -0.2) is 47.8 Å². The number of amides is 1. The second-order valence-corrected chi connectivity index (χ2v) is 3.05. The number of carbonyl (C=O) groups is 1. The first-order valence-corrected chi connectivity index (χ1v) is 4.46. The van der Waals surface area contributed by atoms with Crippen molar-refractivity contribution < 1.29 is 4.79 Å². The van der Waals surface area contributed by atoms with Gasteiger partial charge in [-0.2, -0.15) is 12.6 Å². The van der Waals surface area contributed by atoms with Gasteiger partial charge in [-0.15, -0.1) is 0 Å². The Morgan fingerprint density at radius 1 is 1.36 bits per heavy atom. The summed E-state index contributed by atoms with van der Waals surface area (Å²) < 4.78 is 0. The van der Waals surface area contributed by atoms with Gasteiger partial charge in [0.2, 0.25) is 5.91 Å². The molecule has 0 saturated carbocycles. The van der Waals surface area contributed by atoms with Gasteiger partial charge in [0.15, 0.2) is 0 Å². The first kappa shape index (κ1) is 8.87. The Balaban J connectivity index is 2.30. The van der Waals surface area contributed by atoms with E-state index >= 15 is 0 Å². The summed E-state index contributed by atoms with van der Waals surface area (Å²) >= 11 is 4.17. The average molecular weight is 174 g/mol. The van der Waals surface area contributed by atoms with Crippen molar-refractivity contribution >= 4 is 18.5 Å². The number of piperazine rings is 1. The van der Waals surface area contributed by atoms with E-state index in [9.17, 15) is 4.79 Å². The van der Waals surface area contributed by atoms with E-state index in [4.69, 9.17) is 0 Å². The molecule has 11 heavy (non-hydrogen) atoms. The molecule has 0 aromatic heterocycles. The van der Waals surface area contributed by atoms with Gasteiger partial charge in [-0.1, -0.05) is 0 Å². The Morgan fingerprint density at radius 3 is 2.27 bits per heavy atom. The number of thiol groups is 1. The molecule has 0 radical (unpaired) electrons. The summed E-state index contributed by atoms with van der Waals surface area (Å²) in [6.07, 6.45) is 0. The molecule has 3 nitrogen and oxygen atoms in total. The van der Waals surface area contributed by atoms with Gasteiger partial charge >= 0.3 is 0 Å². The summed E-state index contributed by atoms with van der Waals surface area (Å²) in [4.78, 5) is 15.0. The van der Waals surface area contributed by atoms with Crippen LogP contribution in [0.3, 0.4) is 0 Å². The summed E-state index contributed by atoms with van der Waals surface area (Å²) in [5, 5.41) is 0. The summed E-state index contributed by atoms with van der Waals surface area (Å²) in [7, 11) is 0. The van der Waals surface area contributed by atoms with Crippen molar-refractivity contribution in [2.24, 2.45) is 0 Å². The quantitative estimate of drug-likeness (QED) is 0.567. The molecule has 0 bridgehead atoms. The summed E-state index contributed by atoms with van der Waals surface area (Å²) in [6, 6.07) is 0. The third-order valence-corrected chi connectivity index (χ3v) is 2.42. The molecule has 4 heteroatoms. The Bertz CT molecular complexity index is 143. The van der Waals surface area contributed by atoms with Crippen LogP contribution in [0.4, 0.5) is 0 Å². The molecule has 0 spiro atoms. The number of hydrogen-bond acceptors (Lipinski definition) is 3. The highest BCUT2D eigenvalue weighted by Gasteiger charge is 2.16. The predicted molar refractivity (Wildman–Crippen MR) is 47.7 cm³/mol. The van der Waals surface area contributed by atoms with Crippen LogP contribution in [0.5, 0.6) is 0 Å². The minimum atomic E-state index is 0.184. The summed E-state index contributed by atoms with van der Waals surface area (Å²) in [6.45, 7) is 5.26. The fourth-order valence-corrected chi connectivity index (χ4v) is 1.49. The molecule has 0 aromatic rings. The second-order valence-electron chi connectivity index (χ2n) is 2.77. The van der Waals surface area contributed by atoms with Gasteiger partial charge in [0.1, 0.15) is 0 Å². The topological polar surface area (TPSA) is 23.6 Å². The van der Waals surface area contributed by atoms with Crippen molar-refractivity contribution in [3.8, 4) is 0 Å². The second kappa shape index (κ2) is 3.97. The zero-order valence-electron chi connectivity index (χ0n) is 6.79. The van der Waals surface area contributed by atoms with Crippen molar-refractivity contribution in [3.63, 3.8) is 0 Å². The maximum Gasteiger partial charge on any atom is 0.219 e. The minimum Gasteiger partial charge on any atom is -0.340 e. The van der Waals surface area contributed by atoms with Crippen LogP contribution >= 0.6 is 12.6 Å². The fourth-order valence-electron chi connectivity index (χ4n) is 1.20. The fraction of sp³-hybridized carbons (Fsp3) is 0.857. The lowest BCUT2D eigenvalue weighted by Crippen LogP contribution is -2.47. The van der Waals surface area contributed by atoms with Crippen LogP contribution in [0.2, 0.25) is 0 Å². The van der Waals surface area contributed by atoms with E-state index in [1.54, 1.807) is 6.92 Å². The van der Waals surface area contributed by atoms with E-state index < -0.39 is 0 Å². The van der Waals surface area contributed by atoms with Crippen molar-refractivity contribution in [1.29, 1.82) is 0 Å². The van der Waals surface area contributed by atoms with Gasteiger partial charge in [-0.3, -0.25) is 9.69 Å². The number of hydrogen-bond donors (Lipinski definition) is 1. The zero-order valence-corrected chi connectivity index (χ0v) is 7.68. The van der Waals surface area contributed by atoms with Crippen LogP contribution in [0.15, 0.2) is 0 Å². The first-order valence-electron chi connectivity index (χ1n) is 3.83. The van der Waals surface area contributed by atoms with Gasteiger partial charge < -0.3 is 4.90 Å². The molecule has 1 aliphatic heterocycles. The molecule has 0 unspecified atom stereocenters. The van der Waals surface area contributed by atoms with E-state index in [-0.39, 0.29) is 5.91 Å². The summed E-state index contributed by atoms with van der Waals surface area (Å²) in [5.74, 6) is 0.981. The number of nitrogens with zero attached hydrogens (tertiary/aromatic N) is 2. The molecule has 1 heterocycles. The normalized spacial score (nSPS) is 20.4. The molecule has 64 valence electrons. The lowest BCUT2D eigenvalue weighted by Gasteiger charge is -2.32. The van der Waals surface area contributed by atoms with Gasteiger partial charge in [-0.25, -0.2) is 0 Å². The molecule has 0 aliphatic carbocycles. The standard InChI is InChI=1S/C7H14N2OS/c1-7(10)9-4-2-8(6-11)3-5-9/h11H,2-6H2,1H3. The highest BCUT2D eigenvalue weighted by atomic mass is 32.1. The maximum absolute atomic E-state index is 10.9. The third-order valence-electron chi connectivity index (χ3n) is 2.02. The van der Waals surface area contributed by atoms with Crippen LogP contribution in [0, 0.1) is 0 Å². The third kappa shape index (κ3) is 2.38. The van der Waals surface area contributed by atoms with Gasteiger partial charge in [-0.05, 0) is 0 Å². The van der Waals surface area contributed by atoms with E-state index in [1.807, 2.05) is 4.90 Å². The maximum atomic E-state index is 10.9. The molecule has 1 rings (SSSR count). The Morgan fingerprint density at radius 2 is 1.91 bits per heavy atom. The van der Waals surface area contributed by atoms with E-state index in [1.165, 1.54) is 0 Å². The first-order chi connectivity index (χ1) is 5.24. The van der Waals surface area contributed by atoms with Crippen molar-refractivity contribution in [2.75, 3.05) is 32.1 Å². The predicted octanol–water partition coefficient (Wildman–Crippen LogP) is 0.0378. The average Bonchev–Trinajstić information content (AvgIpc) is 2.05. The highest BCUT2D eigenvalue weighted by Crippen LogP contribution is 2.01. The SMILES string of the molecule is CC(=O)N1CCN(CS)CC1. The van der Waals surface area contributed by atoms with Crippen LogP contribution < -0.4 is 0 Å². The van der Waals surface area contributed by atoms with Crippen LogP contribution in [-0.2, 0) is 4.79 Å². The van der Waals surface area contributed by atoms with Crippen molar-refractivity contribution in [1.82, 2.24) is 9.80 Å². The minimum absolute atomic E-state index is 0.184. The molecule has 0 N–H and O–H groups in total. The number of rotatable bonds is 1. The van der Waals surface area contributed by atoms with Crippen molar-refractivity contribution in [2.45, 2.75) is 6.92 Å². The Kier molecular flexibility index (Phi) is 3.20. The van der Waals surface area contributed by atoms with E-state index in [0.717, 1.165) is 32.1 Å². The summed E-state index contributed by atoms with van der Waals surface area (Å²) in [5.41, 5.74) is 0. The van der Waals surface area contributed by atoms with E-state index in [0.29, 0.717) is 0 Å². The molecule has 1 saturated heterocycles. The molecule has 0 atom stereocenters. The van der Waals surface area contributed by atoms with Gasteiger partial charge in [0, 0.05) is 39.0 Å². The monoisotopic (exact) mass is 174 g/mol. The molecular formula is C7H14N2OS. The van der Waals surface area contributed by atoms with Crippen molar-refractivity contribution in [3.05, 3.63) is 0 Å². The molecular weight excluding hydrogens is 160 g/mol. The van der Waals surface area contributed by atoms with Gasteiger partial charge in [0.25, 0.3) is 0 Å². The lowest BCUT2D eigenvalue weighted by molar-refractivity contribution is -0.130. The van der Waals surface area contributed by atoms with E-state index in [2.05, 4.69) is 17.5 Å². The van der Waals surface area contributed by atoms with Crippen LogP contribution in [0.25, 0.3) is 0 Å². The molecule has 1 amide bonds. The Labute approximate surface area is 72.8 Å². The highest BCUT2D eigenvalue weighted by molar-refractivity contribution is 7.80. The largest absolute Gasteiger partial charge is 0.340 e. The zero-order chi connectivity index (χ0) is 8.27. The number of carbonyl (C=O) groups excluding carboxylic acids is 1. The van der Waals surface area contributed by atoms with Crippen LogP contribution in [0.1, 0.15) is 6.92 Å². The smallest absolute Gasteiger partial charge is 0.219 e. The Hall–Kier alpha value is -0.220. The molecule has 0 aromatic carbocycles. The van der Waals surface area contributed by atoms with Gasteiger partial charge in [0.05, 0.1) is 0 Å². The molecule has 1 fully saturated rings. The molecule has 1 aliphatic rings. The lowest BCUT2D eigenvalue weighted by atomic mass is 10.3.